The lowest BCUT2D eigenvalue weighted by molar-refractivity contribution is 0.673. The zero-order valence-electron chi connectivity index (χ0n) is 25.6. The van der Waals surface area contributed by atoms with Crippen LogP contribution in [0.2, 0.25) is 0 Å². The maximum absolute atomic E-state index is 6.49. The quantitative estimate of drug-likeness (QED) is 0.185. The number of hydrogen-bond acceptors (Lipinski definition) is 1. The second-order valence-electron chi connectivity index (χ2n) is 12.4. The van der Waals surface area contributed by atoms with Crippen LogP contribution in [0.4, 0.5) is 0 Å². The van der Waals surface area contributed by atoms with Crippen LogP contribution in [0.5, 0.6) is 0 Å². The van der Waals surface area contributed by atoms with E-state index in [0.717, 1.165) is 27.3 Å². The Morgan fingerprint density at radius 1 is 0.298 bits per heavy atom. The van der Waals surface area contributed by atoms with Crippen LogP contribution in [0, 0.1) is 0 Å². The molecule has 0 atom stereocenters. The van der Waals surface area contributed by atoms with Gasteiger partial charge in [-0.25, -0.2) is 0 Å². The largest absolute Gasteiger partial charge is 0.455 e. The third-order valence-electron chi connectivity index (χ3n) is 9.86. The first-order valence-electron chi connectivity index (χ1n) is 16.2. The molecule has 1 heteroatoms. The normalized spacial score (nSPS) is 11.8. The number of furan rings is 1. The lowest BCUT2D eigenvalue weighted by Gasteiger charge is -2.19. The van der Waals surface area contributed by atoms with Gasteiger partial charge in [0.2, 0.25) is 0 Å². The van der Waals surface area contributed by atoms with Gasteiger partial charge in [0.25, 0.3) is 0 Å². The summed E-state index contributed by atoms with van der Waals surface area (Å²) in [5.74, 6) is 0. The van der Waals surface area contributed by atoms with E-state index in [2.05, 4.69) is 170 Å². The molecule has 0 aliphatic rings. The predicted molar refractivity (Wildman–Crippen MR) is 200 cm³/mol. The first kappa shape index (κ1) is 26.1. The lowest BCUT2D eigenvalue weighted by atomic mass is 9.84. The maximum Gasteiger partial charge on any atom is 0.143 e. The van der Waals surface area contributed by atoms with Crippen LogP contribution in [0.15, 0.2) is 174 Å². The van der Waals surface area contributed by atoms with Gasteiger partial charge in [-0.2, -0.15) is 0 Å². The molecule has 9 aromatic carbocycles. The molecule has 47 heavy (non-hydrogen) atoms. The molecule has 1 heterocycles. The molecule has 0 radical (unpaired) electrons. The highest BCUT2D eigenvalue weighted by atomic mass is 16.3. The first-order valence-corrected chi connectivity index (χ1v) is 16.2. The van der Waals surface area contributed by atoms with E-state index in [9.17, 15) is 0 Å². The fourth-order valence-corrected chi connectivity index (χ4v) is 7.78. The molecule has 0 unspecified atom stereocenters. The Morgan fingerprint density at radius 2 is 0.809 bits per heavy atom. The third-order valence-corrected chi connectivity index (χ3v) is 9.86. The highest BCUT2D eigenvalue weighted by molar-refractivity contribution is 6.24. The molecule has 218 valence electrons. The van der Waals surface area contributed by atoms with Crippen molar-refractivity contribution in [3.63, 3.8) is 0 Å². The molecule has 10 rings (SSSR count). The average molecular weight is 597 g/mol. The topological polar surface area (TPSA) is 13.1 Å². The molecule has 0 fully saturated rings. The SMILES string of the molecule is c1ccc2c(-c3c4ccccc4c(-c4ccc(-c5cccc6oc7c8ccccc8ccc7c56)cc4)c4ccccc34)cccc2c1. The number of benzene rings is 9. The summed E-state index contributed by atoms with van der Waals surface area (Å²) in [6.07, 6.45) is 0. The minimum absolute atomic E-state index is 0.916. The van der Waals surface area contributed by atoms with Crippen molar-refractivity contribution in [2.24, 2.45) is 0 Å². The third kappa shape index (κ3) is 3.90. The van der Waals surface area contributed by atoms with E-state index in [0.29, 0.717) is 0 Å². The summed E-state index contributed by atoms with van der Waals surface area (Å²) >= 11 is 0. The minimum atomic E-state index is 0.916. The van der Waals surface area contributed by atoms with Gasteiger partial charge in [0.1, 0.15) is 11.2 Å². The van der Waals surface area contributed by atoms with E-state index in [1.165, 1.54) is 71.1 Å². The van der Waals surface area contributed by atoms with Gasteiger partial charge in [-0.3, -0.25) is 0 Å². The van der Waals surface area contributed by atoms with Gasteiger partial charge in [-0.15, -0.1) is 0 Å². The van der Waals surface area contributed by atoms with Gasteiger partial charge in [-0.1, -0.05) is 158 Å². The number of fused-ring (bicyclic) bond motifs is 8. The van der Waals surface area contributed by atoms with Gasteiger partial charge in [0.15, 0.2) is 0 Å². The zero-order valence-corrected chi connectivity index (χ0v) is 25.6. The molecule has 0 saturated heterocycles. The van der Waals surface area contributed by atoms with E-state index in [1.807, 2.05) is 0 Å². The van der Waals surface area contributed by atoms with Crippen LogP contribution in [0.3, 0.4) is 0 Å². The van der Waals surface area contributed by atoms with Gasteiger partial charge in [0, 0.05) is 16.2 Å². The Hall–Kier alpha value is -6.18. The van der Waals surface area contributed by atoms with Gasteiger partial charge in [-0.05, 0) is 83.2 Å². The van der Waals surface area contributed by atoms with E-state index in [1.54, 1.807) is 0 Å². The fraction of sp³-hybridized carbons (Fsp3) is 0. The summed E-state index contributed by atoms with van der Waals surface area (Å²) in [7, 11) is 0. The molecule has 0 aliphatic heterocycles. The van der Waals surface area contributed by atoms with Gasteiger partial charge < -0.3 is 4.42 Å². The molecule has 0 saturated carbocycles. The van der Waals surface area contributed by atoms with Crippen molar-refractivity contribution in [3.8, 4) is 33.4 Å². The summed E-state index contributed by atoms with van der Waals surface area (Å²) in [6.45, 7) is 0. The smallest absolute Gasteiger partial charge is 0.143 e. The van der Waals surface area contributed by atoms with E-state index >= 15 is 0 Å². The Morgan fingerprint density at radius 3 is 1.51 bits per heavy atom. The van der Waals surface area contributed by atoms with Crippen molar-refractivity contribution < 1.29 is 4.42 Å². The number of hydrogen-bond donors (Lipinski definition) is 0. The minimum Gasteiger partial charge on any atom is -0.455 e. The molecule has 1 aromatic heterocycles. The van der Waals surface area contributed by atoms with Crippen molar-refractivity contribution in [1.29, 1.82) is 0 Å². The molecule has 0 N–H and O–H groups in total. The van der Waals surface area contributed by atoms with Crippen molar-refractivity contribution in [3.05, 3.63) is 170 Å². The lowest BCUT2D eigenvalue weighted by Crippen LogP contribution is -1.91. The van der Waals surface area contributed by atoms with Crippen molar-refractivity contribution in [2.45, 2.75) is 0 Å². The van der Waals surface area contributed by atoms with Crippen molar-refractivity contribution in [1.82, 2.24) is 0 Å². The Labute approximate surface area is 271 Å². The molecule has 0 aliphatic carbocycles. The summed E-state index contributed by atoms with van der Waals surface area (Å²) in [5.41, 5.74) is 9.27. The molecule has 10 aromatic rings. The van der Waals surface area contributed by atoms with E-state index < -0.39 is 0 Å². The molecule has 0 bridgehead atoms. The van der Waals surface area contributed by atoms with Crippen LogP contribution in [0.25, 0.3) is 98.4 Å². The van der Waals surface area contributed by atoms with Crippen LogP contribution in [-0.2, 0) is 0 Å². The Balaban J connectivity index is 1.19. The van der Waals surface area contributed by atoms with Crippen LogP contribution < -0.4 is 0 Å². The molecular weight excluding hydrogens is 569 g/mol. The second kappa shape index (κ2) is 10.2. The van der Waals surface area contributed by atoms with E-state index in [4.69, 9.17) is 4.42 Å². The Bertz CT molecular complexity index is 2770. The number of rotatable bonds is 3. The molecular formula is C46H28O. The summed E-state index contributed by atoms with van der Waals surface area (Å²) < 4.78 is 6.49. The fourth-order valence-electron chi connectivity index (χ4n) is 7.78. The zero-order chi connectivity index (χ0) is 30.9. The standard InChI is InChI=1S/C46H28O/c1-3-14-33-29(11-1)13-9-21-36(33)44-39-18-7-5-16-37(39)43(38-17-6-8-19-40(38)44)32-25-23-31(24-26-32)34-20-10-22-42-45(34)41-28-27-30-12-2-4-15-35(30)46(41)47-42/h1-28H. The van der Waals surface area contributed by atoms with Gasteiger partial charge >= 0.3 is 0 Å². The van der Waals surface area contributed by atoms with Gasteiger partial charge in [0.05, 0.1) is 0 Å². The second-order valence-corrected chi connectivity index (χ2v) is 12.4. The van der Waals surface area contributed by atoms with Crippen molar-refractivity contribution in [2.75, 3.05) is 0 Å². The highest BCUT2D eigenvalue weighted by Gasteiger charge is 2.19. The average Bonchev–Trinajstić information content (AvgIpc) is 3.53. The summed E-state index contributed by atoms with van der Waals surface area (Å²) in [5, 5.41) is 12.2. The van der Waals surface area contributed by atoms with E-state index in [-0.39, 0.29) is 0 Å². The molecule has 1 nitrogen and oxygen atoms in total. The highest BCUT2D eigenvalue weighted by Crippen LogP contribution is 2.46. The predicted octanol–water partition coefficient (Wildman–Crippen LogP) is 13.2. The maximum atomic E-state index is 6.49. The molecule has 0 spiro atoms. The first-order chi connectivity index (χ1) is 23.3. The monoisotopic (exact) mass is 596 g/mol. The van der Waals surface area contributed by atoms with Crippen LogP contribution in [-0.4, -0.2) is 0 Å². The summed E-state index contributed by atoms with van der Waals surface area (Å²) in [6, 6.07) is 61.5. The summed E-state index contributed by atoms with van der Waals surface area (Å²) in [4.78, 5) is 0. The van der Waals surface area contributed by atoms with Crippen molar-refractivity contribution >= 4 is 65.0 Å². The van der Waals surface area contributed by atoms with Crippen LogP contribution in [0.1, 0.15) is 0 Å². The molecule has 0 amide bonds. The van der Waals surface area contributed by atoms with Crippen LogP contribution >= 0.6 is 0 Å². The Kier molecular flexibility index (Phi) is 5.64.